The maximum absolute atomic E-state index is 6.43. The average molecular weight is 432 g/mol. The van der Waals surface area contributed by atoms with Gasteiger partial charge >= 0.3 is 0 Å². The number of hydrogen-bond acceptors (Lipinski definition) is 4. The van der Waals surface area contributed by atoms with Gasteiger partial charge in [0.25, 0.3) is 0 Å². The highest BCUT2D eigenvalue weighted by Gasteiger charge is 2.23. The number of guanidine groups is 1. The van der Waals surface area contributed by atoms with Crippen LogP contribution in [0.15, 0.2) is 41.7 Å². The fraction of sp³-hybridized carbons (Fsp3) is 0.545. The summed E-state index contributed by atoms with van der Waals surface area (Å²) in [6.07, 6.45) is 6.22. The average Bonchev–Trinajstić information content (AvgIpc) is 3.14. The van der Waals surface area contributed by atoms with Crippen molar-refractivity contribution in [1.29, 1.82) is 0 Å². The third-order valence-corrected chi connectivity index (χ3v) is 5.77. The van der Waals surface area contributed by atoms with Crippen LogP contribution in [0.5, 0.6) is 0 Å². The molecule has 3 rings (SSSR count). The van der Waals surface area contributed by atoms with Crippen molar-refractivity contribution in [3.63, 3.8) is 0 Å². The van der Waals surface area contributed by atoms with Crippen molar-refractivity contribution in [3.05, 3.63) is 47.2 Å². The molecule has 2 aromatic rings. The van der Waals surface area contributed by atoms with E-state index in [1.165, 1.54) is 5.56 Å². The summed E-state index contributed by atoms with van der Waals surface area (Å²) in [6.45, 7) is 5.52. The number of aromatic nitrogens is 2. The number of aliphatic imine (C=N–C) groups is 1. The highest BCUT2D eigenvalue weighted by molar-refractivity contribution is 6.33. The lowest BCUT2D eigenvalue weighted by Crippen LogP contribution is -2.51. The smallest absolute Gasteiger partial charge is 0.191 e. The largest absolute Gasteiger partial charge is 0.368 e. The fourth-order valence-corrected chi connectivity index (χ4v) is 4.15. The summed E-state index contributed by atoms with van der Waals surface area (Å²) in [5, 5.41) is 12.2. The molecule has 0 bridgehead atoms. The summed E-state index contributed by atoms with van der Waals surface area (Å²) >= 11 is 6.43. The van der Waals surface area contributed by atoms with Gasteiger partial charge in [-0.2, -0.15) is 5.10 Å². The maximum atomic E-state index is 6.43. The van der Waals surface area contributed by atoms with E-state index in [-0.39, 0.29) is 6.04 Å². The van der Waals surface area contributed by atoms with E-state index in [0.29, 0.717) is 12.6 Å². The summed E-state index contributed by atoms with van der Waals surface area (Å²) in [5.41, 5.74) is 2.28. The predicted molar refractivity (Wildman–Crippen MR) is 125 cm³/mol. The Morgan fingerprint density at radius 1 is 1.37 bits per heavy atom. The number of halogens is 1. The minimum Gasteiger partial charge on any atom is -0.368 e. The van der Waals surface area contributed by atoms with Crippen molar-refractivity contribution in [2.45, 2.75) is 31.8 Å². The predicted octanol–water partition coefficient (Wildman–Crippen LogP) is 2.90. The number of benzene rings is 1. The van der Waals surface area contributed by atoms with Crippen LogP contribution in [-0.4, -0.2) is 67.0 Å². The van der Waals surface area contributed by atoms with Gasteiger partial charge in [0.15, 0.2) is 5.96 Å². The summed E-state index contributed by atoms with van der Waals surface area (Å²) in [7, 11) is 6.10. The molecule has 1 aromatic heterocycles. The van der Waals surface area contributed by atoms with Gasteiger partial charge in [-0.05, 0) is 46.0 Å². The van der Waals surface area contributed by atoms with E-state index in [1.807, 2.05) is 36.1 Å². The molecule has 0 radical (unpaired) electrons. The van der Waals surface area contributed by atoms with E-state index < -0.39 is 0 Å². The van der Waals surface area contributed by atoms with Crippen molar-refractivity contribution >= 4 is 23.2 Å². The van der Waals surface area contributed by atoms with Gasteiger partial charge in [0.05, 0.1) is 29.5 Å². The standard InChI is InChI=1S/C22H34ClN7/c1-5-24-22(25-14-21(28(2)3)17-13-26-29(4)15-17)27-18-9-8-12-30(16-18)20-11-7-6-10-19(20)23/h6-7,10-11,13,15,18,21H,5,8-9,12,14,16H2,1-4H3,(H2,24,25,27). The molecule has 1 aliphatic rings. The topological polar surface area (TPSA) is 60.7 Å². The normalized spacial score (nSPS) is 18.5. The van der Waals surface area contributed by atoms with Crippen molar-refractivity contribution in [2.24, 2.45) is 12.0 Å². The Morgan fingerprint density at radius 2 is 2.17 bits per heavy atom. The van der Waals surface area contributed by atoms with Crippen molar-refractivity contribution in [2.75, 3.05) is 45.2 Å². The van der Waals surface area contributed by atoms with Gasteiger partial charge < -0.3 is 20.4 Å². The highest BCUT2D eigenvalue weighted by atomic mass is 35.5. The van der Waals surface area contributed by atoms with Crippen LogP contribution in [0.3, 0.4) is 0 Å². The van der Waals surface area contributed by atoms with Crippen LogP contribution in [0.2, 0.25) is 5.02 Å². The summed E-state index contributed by atoms with van der Waals surface area (Å²) in [6, 6.07) is 8.58. The lowest BCUT2D eigenvalue weighted by atomic mass is 10.0. The number of para-hydroxylation sites is 1. The van der Waals surface area contributed by atoms with Gasteiger partial charge in [-0.15, -0.1) is 0 Å². The first-order valence-electron chi connectivity index (χ1n) is 10.7. The Hall–Kier alpha value is -2.25. The molecule has 0 aliphatic carbocycles. The second-order valence-corrected chi connectivity index (χ2v) is 8.43. The van der Waals surface area contributed by atoms with Crippen molar-refractivity contribution in [3.8, 4) is 0 Å². The molecule has 1 aliphatic heterocycles. The van der Waals surface area contributed by atoms with E-state index in [4.69, 9.17) is 16.6 Å². The fourth-order valence-electron chi connectivity index (χ4n) is 3.89. The Morgan fingerprint density at radius 3 is 2.83 bits per heavy atom. The minimum atomic E-state index is 0.181. The van der Waals surface area contributed by atoms with Crippen LogP contribution < -0.4 is 15.5 Å². The molecule has 164 valence electrons. The molecule has 7 nitrogen and oxygen atoms in total. The number of nitrogens with zero attached hydrogens (tertiary/aromatic N) is 5. The van der Waals surface area contributed by atoms with E-state index in [9.17, 15) is 0 Å². The Balaban J connectivity index is 1.67. The van der Waals surface area contributed by atoms with Crippen LogP contribution in [0, 0.1) is 0 Å². The number of rotatable bonds is 7. The number of likely N-dealkylation sites (N-methyl/N-ethyl adjacent to an activating group) is 1. The third-order valence-electron chi connectivity index (χ3n) is 5.45. The molecule has 0 spiro atoms. The third kappa shape index (κ3) is 5.89. The van der Waals surface area contributed by atoms with Gasteiger partial charge in [0, 0.05) is 44.5 Å². The molecule has 8 heteroatoms. The summed E-state index contributed by atoms with van der Waals surface area (Å²) < 4.78 is 1.84. The molecule has 30 heavy (non-hydrogen) atoms. The van der Waals surface area contributed by atoms with E-state index in [0.717, 1.165) is 49.1 Å². The number of piperidine rings is 1. The number of nitrogens with one attached hydrogen (secondary N) is 2. The summed E-state index contributed by atoms with van der Waals surface area (Å²) in [4.78, 5) is 9.45. The molecule has 0 saturated carbocycles. The zero-order valence-corrected chi connectivity index (χ0v) is 19.2. The quantitative estimate of drug-likeness (QED) is 0.521. The van der Waals surface area contributed by atoms with Crippen LogP contribution in [0.25, 0.3) is 0 Å². The molecular weight excluding hydrogens is 398 g/mol. The molecule has 2 atom stereocenters. The first-order valence-corrected chi connectivity index (χ1v) is 11.0. The highest BCUT2D eigenvalue weighted by Crippen LogP contribution is 2.27. The van der Waals surface area contributed by atoms with Crippen LogP contribution in [0.4, 0.5) is 5.69 Å². The molecule has 2 unspecified atom stereocenters. The SMILES string of the molecule is CCNC(=NCC(c1cnn(C)c1)N(C)C)NC1CCCN(c2ccccc2Cl)C1. The van der Waals surface area contributed by atoms with E-state index in [2.05, 4.69) is 58.8 Å². The molecule has 0 amide bonds. The van der Waals surface area contributed by atoms with E-state index >= 15 is 0 Å². The molecule has 2 N–H and O–H groups in total. The van der Waals surface area contributed by atoms with Gasteiger partial charge in [-0.1, -0.05) is 23.7 Å². The van der Waals surface area contributed by atoms with Crippen molar-refractivity contribution in [1.82, 2.24) is 25.3 Å². The van der Waals surface area contributed by atoms with Gasteiger partial charge in [-0.25, -0.2) is 0 Å². The zero-order valence-electron chi connectivity index (χ0n) is 18.5. The van der Waals surface area contributed by atoms with E-state index in [1.54, 1.807) is 0 Å². The second kappa shape index (κ2) is 10.7. The molecular formula is C22H34ClN7. The molecule has 1 fully saturated rings. The van der Waals surface area contributed by atoms with Crippen LogP contribution in [0.1, 0.15) is 31.4 Å². The first kappa shape index (κ1) is 22.4. The number of hydrogen-bond donors (Lipinski definition) is 2. The molecule has 2 heterocycles. The number of anilines is 1. The second-order valence-electron chi connectivity index (χ2n) is 8.03. The zero-order chi connectivity index (χ0) is 21.5. The maximum Gasteiger partial charge on any atom is 0.191 e. The van der Waals surface area contributed by atoms with Crippen molar-refractivity contribution < 1.29 is 0 Å². The number of aryl methyl sites for hydroxylation is 1. The van der Waals surface area contributed by atoms with Gasteiger partial charge in [-0.3, -0.25) is 9.67 Å². The van der Waals surface area contributed by atoms with Crippen LogP contribution in [-0.2, 0) is 7.05 Å². The van der Waals surface area contributed by atoms with Gasteiger partial charge in [0.2, 0.25) is 0 Å². The Kier molecular flexibility index (Phi) is 7.99. The Labute approximate surface area is 185 Å². The summed E-state index contributed by atoms with van der Waals surface area (Å²) in [5.74, 6) is 0.860. The first-order chi connectivity index (χ1) is 14.5. The lowest BCUT2D eigenvalue weighted by Gasteiger charge is -2.36. The minimum absolute atomic E-state index is 0.181. The lowest BCUT2D eigenvalue weighted by molar-refractivity contribution is 0.306. The monoisotopic (exact) mass is 431 g/mol. The van der Waals surface area contributed by atoms with Crippen LogP contribution >= 0.6 is 11.6 Å². The molecule has 1 saturated heterocycles. The van der Waals surface area contributed by atoms with Gasteiger partial charge in [0.1, 0.15) is 0 Å². The Bertz CT molecular complexity index is 832. The molecule has 1 aromatic carbocycles.